The molecule has 3 rings (SSSR count). The first kappa shape index (κ1) is 11.4. The number of benzene rings is 2. The number of hydrogen-bond donors (Lipinski definition) is 1. The average molecular weight is 279 g/mol. The highest BCUT2D eigenvalue weighted by Crippen LogP contribution is 2.25. The largest absolute Gasteiger partial charge is 0.330 e. The first-order valence-electron chi connectivity index (χ1n) is 5.32. The van der Waals surface area contributed by atoms with Crippen molar-refractivity contribution in [2.24, 2.45) is 0 Å². The van der Waals surface area contributed by atoms with E-state index in [4.69, 9.17) is 23.8 Å². The molecule has 2 nitrogen and oxygen atoms in total. The summed E-state index contributed by atoms with van der Waals surface area (Å²) in [5.74, 6) is -0.458. The Labute approximate surface area is 113 Å². The molecule has 2 aromatic carbocycles. The van der Waals surface area contributed by atoms with Crippen LogP contribution in [0.15, 0.2) is 42.5 Å². The van der Waals surface area contributed by atoms with Crippen LogP contribution >= 0.6 is 23.8 Å². The van der Waals surface area contributed by atoms with Crippen LogP contribution in [-0.2, 0) is 0 Å². The van der Waals surface area contributed by atoms with E-state index in [9.17, 15) is 4.39 Å². The number of halogens is 2. The molecule has 0 bridgehead atoms. The second-order valence-corrected chi connectivity index (χ2v) is 4.68. The summed E-state index contributed by atoms with van der Waals surface area (Å²) in [6, 6.07) is 12.6. The van der Waals surface area contributed by atoms with E-state index >= 15 is 0 Å². The van der Waals surface area contributed by atoms with Crippen molar-refractivity contribution in [2.45, 2.75) is 0 Å². The summed E-state index contributed by atoms with van der Waals surface area (Å²) in [7, 11) is 0. The molecule has 5 heteroatoms. The third-order valence-corrected chi connectivity index (χ3v) is 3.31. The van der Waals surface area contributed by atoms with Gasteiger partial charge >= 0.3 is 0 Å². The molecule has 0 aliphatic carbocycles. The molecular weight excluding hydrogens is 271 g/mol. The average Bonchev–Trinajstić information content (AvgIpc) is 2.66. The van der Waals surface area contributed by atoms with Gasteiger partial charge in [-0.1, -0.05) is 29.8 Å². The van der Waals surface area contributed by atoms with Gasteiger partial charge < -0.3 is 4.98 Å². The molecule has 0 aliphatic rings. The van der Waals surface area contributed by atoms with Gasteiger partial charge in [0.15, 0.2) is 4.77 Å². The van der Waals surface area contributed by atoms with E-state index in [1.54, 1.807) is 6.07 Å². The standard InChI is InChI=1S/C13H8ClFN2S/c14-9-6-12-11(7-10(9)15)16-13(18)17(12)8-4-2-1-3-5-8/h1-7H,(H,16,18). The number of fused-ring (bicyclic) bond motifs is 1. The van der Waals surface area contributed by atoms with Crippen molar-refractivity contribution in [1.82, 2.24) is 9.55 Å². The third-order valence-electron chi connectivity index (χ3n) is 2.74. The van der Waals surface area contributed by atoms with Gasteiger partial charge in [0.05, 0.1) is 16.1 Å². The fourth-order valence-electron chi connectivity index (χ4n) is 1.94. The normalized spacial score (nSPS) is 11.0. The second-order valence-electron chi connectivity index (χ2n) is 3.88. The van der Waals surface area contributed by atoms with Crippen LogP contribution in [0.1, 0.15) is 0 Å². The molecule has 0 radical (unpaired) electrons. The van der Waals surface area contributed by atoms with E-state index in [0.717, 1.165) is 11.2 Å². The lowest BCUT2D eigenvalue weighted by Gasteiger charge is -2.04. The molecular formula is C13H8ClFN2S. The lowest BCUT2D eigenvalue weighted by Crippen LogP contribution is -1.93. The van der Waals surface area contributed by atoms with Gasteiger partial charge in [0, 0.05) is 11.8 Å². The van der Waals surface area contributed by atoms with Crippen molar-refractivity contribution in [3.8, 4) is 5.69 Å². The summed E-state index contributed by atoms with van der Waals surface area (Å²) in [6.45, 7) is 0. The summed E-state index contributed by atoms with van der Waals surface area (Å²) in [5, 5.41) is 0.0844. The second kappa shape index (κ2) is 4.23. The van der Waals surface area contributed by atoms with E-state index in [2.05, 4.69) is 4.98 Å². The Morgan fingerprint density at radius 3 is 2.61 bits per heavy atom. The maximum absolute atomic E-state index is 13.4. The molecule has 0 saturated heterocycles. The van der Waals surface area contributed by atoms with Gasteiger partial charge in [-0.25, -0.2) is 4.39 Å². The maximum atomic E-state index is 13.4. The summed E-state index contributed by atoms with van der Waals surface area (Å²) < 4.78 is 15.7. The Balaban J connectivity index is 2.40. The fourth-order valence-corrected chi connectivity index (χ4v) is 2.41. The summed E-state index contributed by atoms with van der Waals surface area (Å²) in [5.41, 5.74) is 2.31. The number of nitrogens with one attached hydrogen (secondary N) is 1. The number of aromatic amines is 1. The number of H-pyrrole nitrogens is 1. The van der Waals surface area contributed by atoms with Crippen LogP contribution in [0.5, 0.6) is 0 Å². The Bertz CT molecular complexity index is 777. The van der Waals surface area contributed by atoms with Crippen LogP contribution in [0.3, 0.4) is 0 Å². The van der Waals surface area contributed by atoms with Gasteiger partial charge in [0.2, 0.25) is 0 Å². The first-order valence-corrected chi connectivity index (χ1v) is 6.10. The minimum atomic E-state index is -0.458. The van der Waals surface area contributed by atoms with E-state index < -0.39 is 5.82 Å². The smallest absolute Gasteiger partial charge is 0.182 e. The maximum Gasteiger partial charge on any atom is 0.182 e. The van der Waals surface area contributed by atoms with Gasteiger partial charge in [0.1, 0.15) is 5.82 Å². The van der Waals surface area contributed by atoms with Crippen molar-refractivity contribution in [3.63, 3.8) is 0 Å². The molecule has 0 saturated carbocycles. The highest BCUT2D eigenvalue weighted by Gasteiger charge is 2.09. The molecule has 0 unspecified atom stereocenters. The Kier molecular flexibility index (Phi) is 2.69. The van der Waals surface area contributed by atoms with E-state index in [0.29, 0.717) is 10.3 Å². The SMILES string of the molecule is Fc1cc2[nH]c(=S)n(-c3ccccc3)c2cc1Cl. The fraction of sp³-hybridized carbons (Fsp3) is 0. The highest BCUT2D eigenvalue weighted by molar-refractivity contribution is 7.71. The molecule has 1 N–H and O–H groups in total. The highest BCUT2D eigenvalue weighted by atomic mass is 35.5. The van der Waals surface area contributed by atoms with E-state index in [1.807, 2.05) is 34.9 Å². The molecule has 0 fully saturated rings. The quantitative estimate of drug-likeness (QED) is 0.651. The van der Waals surface area contributed by atoms with Crippen molar-refractivity contribution in [1.29, 1.82) is 0 Å². The monoisotopic (exact) mass is 278 g/mol. The number of rotatable bonds is 1. The van der Waals surface area contributed by atoms with Crippen molar-refractivity contribution < 1.29 is 4.39 Å². The number of hydrogen-bond acceptors (Lipinski definition) is 1. The van der Waals surface area contributed by atoms with Crippen LogP contribution in [0.25, 0.3) is 16.7 Å². The van der Waals surface area contributed by atoms with Crippen molar-refractivity contribution in [3.05, 3.63) is 58.1 Å². The zero-order chi connectivity index (χ0) is 12.7. The predicted octanol–water partition coefficient (Wildman–Crippen LogP) is 4.48. The van der Waals surface area contributed by atoms with Crippen LogP contribution in [0.4, 0.5) is 4.39 Å². The minimum Gasteiger partial charge on any atom is -0.330 e. The van der Waals surface area contributed by atoms with E-state index in [-0.39, 0.29) is 5.02 Å². The van der Waals surface area contributed by atoms with Gasteiger partial charge in [-0.05, 0) is 30.4 Å². The third kappa shape index (κ3) is 1.74. The summed E-state index contributed by atoms with van der Waals surface area (Å²) >= 11 is 11.1. The first-order chi connectivity index (χ1) is 8.66. The number of nitrogens with zero attached hydrogens (tertiary/aromatic N) is 1. The van der Waals surface area contributed by atoms with Gasteiger partial charge in [-0.2, -0.15) is 0 Å². The number of aromatic nitrogens is 2. The Morgan fingerprint density at radius 1 is 1.17 bits per heavy atom. The van der Waals surface area contributed by atoms with E-state index in [1.165, 1.54) is 6.07 Å². The topological polar surface area (TPSA) is 20.7 Å². The molecule has 90 valence electrons. The number of para-hydroxylation sites is 1. The predicted molar refractivity (Wildman–Crippen MR) is 73.4 cm³/mol. The number of imidazole rings is 1. The molecule has 0 atom stereocenters. The Morgan fingerprint density at radius 2 is 1.89 bits per heavy atom. The minimum absolute atomic E-state index is 0.0844. The van der Waals surface area contributed by atoms with Crippen LogP contribution in [-0.4, -0.2) is 9.55 Å². The summed E-state index contributed by atoms with van der Waals surface area (Å²) in [4.78, 5) is 2.97. The molecule has 18 heavy (non-hydrogen) atoms. The molecule has 1 heterocycles. The lowest BCUT2D eigenvalue weighted by atomic mass is 10.2. The van der Waals surface area contributed by atoms with Crippen LogP contribution in [0, 0.1) is 10.6 Å². The van der Waals surface area contributed by atoms with Gasteiger partial charge in [0.25, 0.3) is 0 Å². The molecule has 0 amide bonds. The van der Waals surface area contributed by atoms with Crippen molar-refractivity contribution >= 4 is 34.9 Å². The van der Waals surface area contributed by atoms with Crippen molar-refractivity contribution in [2.75, 3.05) is 0 Å². The zero-order valence-corrected chi connectivity index (χ0v) is 10.7. The van der Waals surface area contributed by atoms with Crippen LogP contribution < -0.4 is 0 Å². The summed E-state index contributed by atoms with van der Waals surface area (Å²) in [6.07, 6.45) is 0. The zero-order valence-electron chi connectivity index (χ0n) is 9.15. The van der Waals surface area contributed by atoms with Gasteiger partial charge in [-0.3, -0.25) is 4.57 Å². The molecule has 3 aromatic rings. The molecule has 1 aromatic heterocycles. The van der Waals surface area contributed by atoms with Gasteiger partial charge in [-0.15, -0.1) is 0 Å². The molecule has 0 aliphatic heterocycles. The lowest BCUT2D eigenvalue weighted by molar-refractivity contribution is 0.630. The molecule has 0 spiro atoms. The van der Waals surface area contributed by atoms with Crippen LogP contribution in [0.2, 0.25) is 5.02 Å². The Hall–Kier alpha value is -1.65.